The molecule has 106 valence electrons. The van der Waals surface area contributed by atoms with Gasteiger partial charge in [-0.05, 0) is 25.2 Å². The van der Waals surface area contributed by atoms with Gasteiger partial charge in [-0.15, -0.1) is 0 Å². The Kier molecular flexibility index (Phi) is 4.35. The smallest absolute Gasteiger partial charge is 0.0731 e. The van der Waals surface area contributed by atoms with E-state index >= 15 is 0 Å². The number of hydrogen-bond donors (Lipinski definition) is 1. The van der Waals surface area contributed by atoms with E-state index in [-0.39, 0.29) is 11.5 Å². The highest BCUT2D eigenvalue weighted by Gasteiger charge is 2.42. The Balaban J connectivity index is 2.17. The Hall–Kier alpha value is -0.120. The number of nitrogens with zero attached hydrogens (tertiary/aromatic N) is 1. The van der Waals surface area contributed by atoms with Crippen LogP contribution >= 0.6 is 0 Å². The SMILES string of the molecule is CC(N)C(N1CCOC2CCCCC21)C(C)(C)C. The highest BCUT2D eigenvalue weighted by Crippen LogP contribution is 2.35. The first-order valence-electron chi connectivity index (χ1n) is 7.54. The fourth-order valence-electron chi connectivity index (χ4n) is 4.06. The van der Waals surface area contributed by atoms with Crippen LogP contribution in [0.25, 0.3) is 0 Å². The summed E-state index contributed by atoms with van der Waals surface area (Å²) in [5.74, 6) is 0. The van der Waals surface area contributed by atoms with Crippen LogP contribution in [0.2, 0.25) is 0 Å². The van der Waals surface area contributed by atoms with Crippen molar-refractivity contribution in [3.05, 3.63) is 0 Å². The number of ether oxygens (including phenoxy) is 1. The highest BCUT2D eigenvalue weighted by molar-refractivity contribution is 4.97. The van der Waals surface area contributed by atoms with Gasteiger partial charge >= 0.3 is 0 Å². The molecule has 4 unspecified atom stereocenters. The number of morpholine rings is 1. The Morgan fingerprint density at radius 2 is 1.89 bits per heavy atom. The van der Waals surface area contributed by atoms with Gasteiger partial charge in [0, 0.05) is 24.7 Å². The van der Waals surface area contributed by atoms with Gasteiger partial charge in [-0.2, -0.15) is 0 Å². The molecule has 1 aliphatic heterocycles. The van der Waals surface area contributed by atoms with E-state index in [2.05, 4.69) is 32.6 Å². The van der Waals surface area contributed by atoms with Gasteiger partial charge in [0.05, 0.1) is 12.7 Å². The summed E-state index contributed by atoms with van der Waals surface area (Å²) in [4.78, 5) is 2.66. The third-order valence-corrected chi connectivity index (χ3v) is 4.52. The minimum absolute atomic E-state index is 0.214. The molecule has 0 bridgehead atoms. The lowest BCUT2D eigenvalue weighted by atomic mass is 9.79. The van der Waals surface area contributed by atoms with Crippen molar-refractivity contribution in [3.8, 4) is 0 Å². The molecule has 3 nitrogen and oxygen atoms in total. The summed E-state index contributed by atoms with van der Waals surface area (Å²) in [6, 6.07) is 1.26. The molecule has 18 heavy (non-hydrogen) atoms. The van der Waals surface area contributed by atoms with Crippen molar-refractivity contribution in [1.29, 1.82) is 0 Å². The average Bonchev–Trinajstić information content (AvgIpc) is 2.27. The predicted octanol–water partition coefficient (Wildman–Crippen LogP) is 2.39. The molecule has 3 heteroatoms. The molecule has 2 aliphatic rings. The molecule has 2 N–H and O–H groups in total. The molecule has 1 aliphatic carbocycles. The van der Waals surface area contributed by atoms with E-state index in [9.17, 15) is 0 Å². The molecule has 2 fully saturated rings. The molecule has 0 aromatic rings. The van der Waals surface area contributed by atoms with Crippen LogP contribution < -0.4 is 5.73 Å². The van der Waals surface area contributed by atoms with Crippen LogP contribution in [0.15, 0.2) is 0 Å². The van der Waals surface area contributed by atoms with Crippen molar-refractivity contribution in [2.24, 2.45) is 11.1 Å². The van der Waals surface area contributed by atoms with E-state index in [1.54, 1.807) is 0 Å². The zero-order chi connectivity index (χ0) is 13.3. The number of fused-ring (bicyclic) bond motifs is 1. The summed E-state index contributed by atoms with van der Waals surface area (Å²) >= 11 is 0. The Morgan fingerprint density at radius 3 is 2.50 bits per heavy atom. The van der Waals surface area contributed by atoms with Crippen LogP contribution in [0.3, 0.4) is 0 Å². The molecule has 0 aromatic heterocycles. The van der Waals surface area contributed by atoms with Gasteiger partial charge in [0.15, 0.2) is 0 Å². The fourth-order valence-corrected chi connectivity index (χ4v) is 4.06. The average molecular weight is 254 g/mol. The van der Waals surface area contributed by atoms with Gasteiger partial charge in [0.1, 0.15) is 0 Å². The van der Waals surface area contributed by atoms with Gasteiger partial charge in [0.25, 0.3) is 0 Å². The maximum absolute atomic E-state index is 6.29. The highest BCUT2D eigenvalue weighted by atomic mass is 16.5. The van der Waals surface area contributed by atoms with E-state index in [4.69, 9.17) is 10.5 Å². The standard InChI is InChI=1S/C15H30N2O/c1-11(16)14(15(2,3)4)17-9-10-18-13-8-6-5-7-12(13)17/h11-14H,5-10,16H2,1-4H3. The van der Waals surface area contributed by atoms with Crippen molar-refractivity contribution in [2.75, 3.05) is 13.2 Å². The van der Waals surface area contributed by atoms with Gasteiger partial charge in [-0.3, -0.25) is 4.90 Å². The topological polar surface area (TPSA) is 38.5 Å². The number of hydrogen-bond acceptors (Lipinski definition) is 3. The van der Waals surface area contributed by atoms with Crippen LogP contribution in [-0.4, -0.2) is 42.3 Å². The predicted molar refractivity (Wildman–Crippen MR) is 75.6 cm³/mol. The lowest BCUT2D eigenvalue weighted by Crippen LogP contribution is -2.63. The lowest BCUT2D eigenvalue weighted by molar-refractivity contribution is -0.119. The van der Waals surface area contributed by atoms with Crippen molar-refractivity contribution in [3.63, 3.8) is 0 Å². The van der Waals surface area contributed by atoms with Gasteiger partial charge in [0.2, 0.25) is 0 Å². The summed E-state index contributed by atoms with van der Waals surface area (Å²) < 4.78 is 5.97. The molecule has 4 atom stereocenters. The molecule has 0 spiro atoms. The second kappa shape index (κ2) is 5.48. The fraction of sp³-hybridized carbons (Fsp3) is 1.00. The van der Waals surface area contributed by atoms with Gasteiger partial charge in [-0.1, -0.05) is 33.6 Å². The molecule has 2 rings (SSSR count). The van der Waals surface area contributed by atoms with E-state index in [1.165, 1.54) is 25.7 Å². The largest absolute Gasteiger partial charge is 0.375 e. The Bertz CT molecular complexity index is 270. The minimum Gasteiger partial charge on any atom is -0.375 e. The van der Waals surface area contributed by atoms with Crippen LogP contribution in [0.4, 0.5) is 0 Å². The quantitative estimate of drug-likeness (QED) is 0.822. The normalized spacial score (nSPS) is 33.8. The van der Waals surface area contributed by atoms with E-state index in [0.29, 0.717) is 18.2 Å². The molecule has 1 saturated carbocycles. The molecule has 0 amide bonds. The lowest BCUT2D eigenvalue weighted by Gasteiger charge is -2.52. The monoisotopic (exact) mass is 254 g/mol. The first-order valence-corrected chi connectivity index (χ1v) is 7.54. The van der Waals surface area contributed by atoms with Crippen molar-refractivity contribution < 1.29 is 4.74 Å². The van der Waals surface area contributed by atoms with Crippen molar-refractivity contribution in [2.45, 2.75) is 77.6 Å². The summed E-state index contributed by atoms with van der Waals surface area (Å²) in [6.07, 6.45) is 5.64. The number of nitrogens with two attached hydrogens (primary N) is 1. The van der Waals surface area contributed by atoms with Gasteiger partial charge in [-0.25, -0.2) is 0 Å². The summed E-state index contributed by atoms with van der Waals surface area (Å²) in [5, 5.41) is 0. The van der Waals surface area contributed by atoms with Crippen LogP contribution in [-0.2, 0) is 4.74 Å². The molecule has 0 radical (unpaired) electrons. The van der Waals surface area contributed by atoms with Crippen LogP contribution in [0.5, 0.6) is 0 Å². The maximum Gasteiger partial charge on any atom is 0.0731 e. The summed E-state index contributed by atoms with van der Waals surface area (Å²) in [7, 11) is 0. The zero-order valence-electron chi connectivity index (χ0n) is 12.5. The Morgan fingerprint density at radius 1 is 1.22 bits per heavy atom. The molecule has 0 aromatic carbocycles. The summed E-state index contributed by atoms with van der Waals surface area (Å²) in [6.45, 7) is 11.0. The van der Waals surface area contributed by atoms with E-state index in [1.807, 2.05) is 0 Å². The molecule has 1 heterocycles. The molecular weight excluding hydrogens is 224 g/mol. The second-order valence-corrected chi connectivity index (χ2v) is 7.17. The first kappa shape index (κ1) is 14.3. The number of rotatable bonds is 2. The molecule has 1 saturated heterocycles. The molecular formula is C15H30N2O. The van der Waals surface area contributed by atoms with Crippen molar-refractivity contribution >= 4 is 0 Å². The first-order chi connectivity index (χ1) is 8.41. The van der Waals surface area contributed by atoms with Gasteiger partial charge < -0.3 is 10.5 Å². The van der Waals surface area contributed by atoms with E-state index in [0.717, 1.165) is 13.2 Å². The third-order valence-electron chi connectivity index (χ3n) is 4.52. The summed E-state index contributed by atoms with van der Waals surface area (Å²) in [5.41, 5.74) is 6.52. The van der Waals surface area contributed by atoms with Crippen molar-refractivity contribution in [1.82, 2.24) is 4.90 Å². The van der Waals surface area contributed by atoms with E-state index < -0.39 is 0 Å². The zero-order valence-corrected chi connectivity index (χ0v) is 12.5. The van der Waals surface area contributed by atoms with Crippen LogP contribution in [0, 0.1) is 5.41 Å². The second-order valence-electron chi connectivity index (χ2n) is 7.17. The van der Waals surface area contributed by atoms with Crippen LogP contribution in [0.1, 0.15) is 53.4 Å². The Labute approximate surface area is 112 Å². The third kappa shape index (κ3) is 2.89. The minimum atomic E-state index is 0.214. The maximum atomic E-state index is 6.29.